The molecule has 2 rings (SSSR count). The summed E-state index contributed by atoms with van der Waals surface area (Å²) in [4.78, 5) is 0. The molecular formula is C10H12FN5. The van der Waals surface area contributed by atoms with E-state index in [9.17, 15) is 4.39 Å². The minimum Gasteiger partial charge on any atom is -0.271 e. The molecule has 1 atom stereocenters. The van der Waals surface area contributed by atoms with Gasteiger partial charge in [-0.05, 0) is 17.7 Å². The van der Waals surface area contributed by atoms with Gasteiger partial charge in [0.2, 0.25) is 0 Å². The van der Waals surface area contributed by atoms with E-state index >= 15 is 0 Å². The molecule has 3 N–H and O–H groups in total. The van der Waals surface area contributed by atoms with Crippen molar-refractivity contribution in [3.05, 3.63) is 47.5 Å². The lowest BCUT2D eigenvalue weighted by Gasteiger charge is -2.15. The third kappa shape index (κ3) is 1.93. The van der Waals surface area contributed by atoms with Crippen LogP contribution in [0, 0.1) is 5.82 Å². The summed E-state index contributed by atoms with van der Waals surface area (Å²) in [6.45, 7) is 0. The standard InChI is InChI=1S/C10H12FN5/c1-16-9(6-13-15-16)10(14-12)7-3-2-4-8(11)5-7/h2-6,10,14H,12H2,1H3. The lowest BCUT2D eigenvalue weighted by atomic mass is 10.0. The Morgan fingerprint density at radius 2 is 2.31 bits per heavy atom. The second-order valence-corrected chi connectivity index (χ2v) is 3.44. The van der Waals surface area contributed by atoms with E-state index in [1.807, 2.05) is 0 Å². The number of hydrazine groups is 1. The van der Waals surface area contributed by atoms with E-state index in [0.717, 1.165) is 11.3 Å². The number of rotatable bonds is 3. The summed E-state index contributed by atoms with van der Waals surface area (Å²) in [6, 6.07) is 5.92. The molecule has 0 fully saturated rings. The van der Waals surface area contributed by atoms with Gasteiger partial charge in [-0.3, -0.25) is 10.5 Å². The molecule has 1 aromatic heterocycles. The molecule has 0 aliphatic heterocycles. The van der Waals surface area contributed by atoms with Gasteiger partial charge in [-0.15, -0.1) is 5.10 Å². The van der Waals surface area contributed by atoms with Crippen LogP contribution in [0.1, 0.15) is 17.3 Å². The van der Waals surface area contributed by atoms with E-state index in [1.165, 1.54) is 12.1 Å². The predicted molar refractivity (Wildman–Crippen MR) is 56.6 cm³/mol. The molecular weight excluding hydrogens is 209 g/mol. The summed E-state index contributed by atoms with van der Waals surface area (Å²) in [5, 5.41) is 7.57. The van der Waals surface area contributed by atoms with Crippen molar-refractivity contribution in [2.24, 2.45) is 12.9 Å². The molecule has 1 heterocycles. The summed E-state index contributed by atoms with van der Waals surface area (Å²) in [6.07, 6.45) is 1.59. The van der Waals surface area contributed by atoms with E-state index in [4.69, 9.17) is 5.84 Å². The molecule has 0 aliphatic rings. The van der Waals surface area contributed by atoms with Crippen molar-refractivity contribution in [2.45, 2.75) is 6.04 Å². The fourth-order valence-electron chi connectivity index (χ4n) is 1.60. The quantitative estimate of drug-likeness (QED) is 0.585. The van der Waals surface area contributed by atoms with Gasteiger partial charge < -0.3 is 0 Å². The van der Waals surface area contributed by atoms with E-state index in [1.54, 1.807) is 30.1 Å². The smallest absolute Gasteiger partial charge is 0.123 e. The Hall–Kier alpha value is -1.79. The fraction of sp³-hybridized carbons (Fsp3) is 0.200. The Morgan fingerprint density at radius 1 is 1.50 bits per heavy atom. The highest BCUT2D eigenvalue weighted by molar-refractivity contribution is 5.26. The van der Waals surface area contributed by atoms with Gasteiger partial charge in [0.25, 0.3) is 0 Å². The molecule has 0 saturated heterocycles. The minimum absolute atomic E-state index is 0.298. The van der Waals surface area contributed by atoms with Gasteiger partial charge in [0.1, 0.15) is 5.82 Å². The second-order valence-electron chi connectivity index (χ2n) is 3.44. The van der Waals surface area contributed by atoms with Crippen molar-refractivity contribution in [1.29, 1.82) is 0 Å². The van der Waals surface area contributed by atoms with Crippen LogP contribution in [0.2, 0.25) is 0 Å². The van der Waals surface area contributed by atoms with Crippen LogP contribution >= 0.6 is 0 Å². The minimum atomic E-state index is -0.323. The SMILES string of the molecule is Cn1nncc1C(NN)c1cccc(F)c1. The lowest BCUT2D eigenvalue weighted by molar-refractivity contribution is 0.563. The molecule has 6 heteroatoms. The number of nitrogens with zero attached hydrogens (tertiary/aromatic N) is 3. The molecule has 1 aromatic carbocycles. The zero-order valence-electron chi connectivity index (χ0n) is 8.76. The Morgan fingerprint density at radius 3 is 2.88 bits per heavy atom. The van der Waals surface area contributed by atoms with Gasteiger partial charge >= 0.3 is 0 Å². The largest absolute Gasteiger partial charge is 0.271 e. The van der Waals surface area contributed by atoms with Crippen molar-refractivity contribution in [3.8, 4) is 0 Å². The van der Waals surface area contributed by atoms with Gasteiger partial charge in [0.15, 0.2) is 0 Å². The first-order valence-corrected chi connectivity index (χ1v) is 4.78. The molecule has 0 radical (unpaired) electrons. The molecule has 16 heavy (non-hydrogen) atoms. The third-order valence-corrected chi connectivity index (χ3v) is 2.39. The van der Waals surface area contributed by atoms with Crippen molar-refractivity contribution >= 4 is 0 Å². The van der Waals surface area contributed by atoms with E-state index in [2.05, 4.69) is 15.7 Å². The summed E-state index contributed by atoms with van der Waals surface area (Å²) < 4.78 is 14.7. The molecule has 0 amide bonds. The van der Waals surface area contributed by atoms with Crippen molar-refractivity contribution in [1.82, 2.24) is 20.4 Å². The lowest BCUT2D eigenvalue weighted by Crippen LogP contribution is -2.30. The molecule has 1 unspecified atom stereocenters. The van der Waals surface area contributed by atoms with Crippen molar-refractivity contribution < 1.29 is 4.39 Å². The van der Waals surface area contributed by atoms with Crippen LogP contribution in [0.15, 0.2) is 30.5 Å². The Labute approximate surface area is 92.0 Å². The number of aromatic nitrogens is 3. The van der Waals surface area contributed by atoms with E-state index in [0.29, 0.717) is 0 Å². The first-order valence-electron chi connectivity index (χ1n) is 4.78. The number of hydrogen-bond donors (Lipinski definition) is 2. The van der Waals surface area contributed by atoms with Crippen LogP contribution in [-0.4, -0.2) is 15.0 Å². The van der Waals surface area contributed by atoms with Crippen LogP contribution < -0.4 is 11.3 Å². The fourth-order valence-corrected chi connectivity index (χ4v) is 1.60. The number of benzene rings is 1. The zero-order chi connectivity index (χ0) is 11.5. The normalized spacial score (nSPS) is 12.7. The molecule has 0 saturated carbocycles. The third-order valence-electron chi connectivity index (χ3n) is 2.39. The van der Waals surface area contributed by atoms with E-state index < -0.39 is 0 Å². The van der Waals surface area contributed by atoms with Gasteiger partial charge in [0, 0.05) is 7.05 Å². The predicted octanol–water partition coefficient (Wildman–Crippen LogP) is 0.507. The Kier molecular flexibility index (Phi) is 2.93. The maximum atomic E-state index is 13.1. The number of halogens is 1. The summed E-state index contributed by atoms with van der Waals surface area (Å²) in [5.41, 5.74) is 4.12. The van der Waals surface area contributed by atoms with Gasteiger partial charge in [0.05, 0.1) is 17.9 Å². The Bertz CT molecular complexity index is 482. The van der Waals surface area contributed by atoms with Gasteiger partial charge in [-0.1, -0.05) is 17.3 Å². The second kappa shape index (κ2) is 4.38. The van der Waals surface area contributed by atoms with Crippen molar-refractivity contribution in [2.75, 3.05) is 0 Å². The highest BCUT2D eigenvalue weighted by Crippen LogP contribution is 2.20. The molecule has 0 bridgehead atoms. The number of aryl methyl sites for hydroxylation is 1. The van der Waals surface area contributed by atoms with Gasteiger partial charge in [-0.2, -0.15) is 0 Å². The average molecular weight is 221 g/mol. The summed E-state index contributed by atoms with van der Waals surface area (Å²) in [7, 11) is 1.76. The van der Waals surface area contributed by atoms with Gasteiger partial charge in [-0.25, -0.2) is 9.82 Å². The maximum Gasteiger partial charge on any atom is 0.123 e. The molecule has 0 aliphatic carbocycles. The monoisotopic (exact) mass is 221 g/mol. The topological polar surface area (TPSA) is 68.8 Å². The highest BCUT2D eigenvalue weighted by atomic mass is 19.1. The van der Waals surface area contributed by atoms with Crippen LogP contribution in [0.5, 0.6) is 0 Å². The van der Waals surface area contributed by atoms with Crippen molar-refractivity contribution in [3.63, 3.8) is 0 Å². The summed E-state index contributed by atoms with van der Waals surface area (Å²) in [5.74, 6) is 5.18. The van der Waals surface area contributed by atoms with Crippen LogP contribution in [0.25, 0.3) is 0 Å². The van der Waals surface area contributed by atoms with Crippen LogP contribution in [0.3, 0.4) is 0 Å². The number of nitrogens with one attached hydrogen (secondary N) is 1. The first-order chi connectivity index (χ1) is 7.72. The first kappa shape index (κ1) is 10.7. The Balaban J connectivity index is 2.40. The van der Waals surface area contributed by atoms with Crippen LogP contribution in [-0.2, 0) is 7.05 Å². The molecule has 2 aromatic rings. The molecule has 84 valence electrons. The van der Waals surface area contributed by atoms with E-state index in [-0.39, 0.29) is 11.9 Å². The average Bonchev–Trinajstić information content (AvgIpc) is 2.67. The highest BCUT2D eigenvalue weighted by Gasteiger charge is 2.16. The van der Waals surface area contributed by atoms with Crippen LogP contribution in [0.4, 0.5) is 4.39 Å². The summed E-state index contributed by atoms with van der Waals surface area (Å²) >= 11 is 0. The number of hydrogen-bond acceptors (Lipinski definition) is 4. The molecule has 5 nitrogen and oxygen atoms in total. The zero-order valence-corrected chi connectivity index (χ0v) is 8.76. The number of nitrogens with two attached hydrogens (primary N) is 1. The maximum absolute atomic E-state index is 13.1. The molecule has 0 spiro atoms.